The van der Waals surface area contributed by atoms with Crippen molar-refractivity contribution in [3.05, 3.63) is 63.1 Å². The van der Waals surface area contributed by atoms with Gasteiger partial charge < -0.3 is 19.0 Å². The number of carbonyl (C=O) groups is 2. The fourth-order valence-electron chi connectivity index (χ4n) is 3.72. The number of hydrogen-bond acceptors (Lipinski definition) is 6. The summed E-state index contributed by atoms with van der Waals surface area (Å²) in [6.45, 7) is 4.95. The summed E-state index contributed by atoms with van der Waals surface area (Å²) >= 11 is 6.19. The topological polar surface area (TPSA) is 106 Å². The molecule has 0 saturated carbocycles. The molecule has 2 amide bonds. The maximum Gasteiger partial charge on any atom is 0.270 e. The Labute approximate surface area is 197 Å². The van der Waals surface area contributed by atoms with Gasteiger partial charge in [0.05, 0.1) is 34.4 Å². The summed E-state index contributed by atoms with van der Waals surface area (Å²) < 4.78 is 11.1. The van der Waals surface area contributed by atoms with Crippen molar-refractivity contribution in [2.24, 2.45) is 0 Å². The largest absolute Gasteiger partial charge is 0.467 e. The van der Waals surface area contributed by atoms with E-state index in [0.717, 1.165) is 18.9 Å². The summed E-state index contributed by atoms with van der Waals surface area (Å²) in [4.78, 5) is 40.2. The highest BCUT2D eigenvalue weighted by Gasteiger charge is 2.29. The van der Waals surface area contributed by atoms with Gasteiger partial charge in [-0.25, -0.2) is 0 Å². The van der Waals surface area contributed by atoms with Crippen molar-refractivity contribution < 1.29 is 23.7 Å². The number of ether oxygens (including phenoxy) is 1. The van der Waals surface area contributed by atoms with Crippen LogP contribution in [0, 0.1) is 10.1 Å². The van der Waals surface area contributed by atoms with E-state index in [-0.39, 0.29) is 47.4 Å². The summed E-state index contributed by atoms with van der Waals surface area (Å²) in [6.07, 6.45) is 3.93. The second-order valence-corrected chi connectivity index (χ2v) is 8.51. The van der Waals surface area contributed by atoms with Gasteiger partial charge in [-0.05, 0) is 44.4 Å². The van der Waals surface area contributed by atoms with Crippen molar-refractivity contribution in [2.45, 2.75) is 51.8 Å². The van der Waals surface area contributed by atoms with Crippen LogP contribution in [-0.2, 0) is 16.1 Å². The molecule has 2 atom stereocenters. The molecular weight excluding hydrogens is 450 g/mol. The lowest BCUT2D eigenvalue weighted by atomic mass is 10.1. The van der Waals surface area contributed by atoms with Gasteiger partial charge in [-0.1, -0.05) is 18.5 Å². The molecule has 3 rings (SSSR count). The van der Waals surface area contributed by atoms with Crippen molar-refractivity contribution in [3.63, 3.8) is 0 Å². The molecule has 0 aliphatic carbocycles. The lowest BCUT2D eigenvalue weighted by molar-refractivity contribution is -0.384. The van der Waals surface area contributed by atoms with E-state index in [2.05, 4.69) is 0 Å². The van der Waals surface area contributed by atoms with E-state index >= 15 is 0 Å². The summed E-state index contributed by atoms with van der Waals surface area (Å²) in [6, 6.07) is 7.01. The number of halogens is 1. The van der Waals surface area contributed by atoms with Gasteiger partial charge in [-0.15, -0.1) is 0 Å². The van der Waals surface area contributed by atoms with Gasteiger partial charge in [0.1, 0.15) is 12.3 Å². The van der Waals surface area contributed by atoms with E-state index in [1.165, 1.54) is 17.0 Å². The van der Waals surface area contributed by atoms with Gasteiger partial charge in [-0.3, -0.25) is 19.7 Å². The summed E-state index contributed by atoms with van der Waals surface area (Å²) in [5.41, 5.74) is -0.0871. The Balaban J connectivity index is 1.81. The van der Waals surface area contributed by atoms with Crippen molar-refractivity contribution in [1.29, 1.82) is 0 Å². The molecule has 2 heterocycles. The van der Waals surface area contributed by atoms with Gasteiger partial charge in [-0.2, -0.15) is 0 Å². The van der Waals surface area contributed by atoms with Crippen LogP contribution in [0.3, 0.4) is 0 Å². The maximum absolute atomic E-state index is 13.4. The summed E-state index contributed by atoms with van der Waals surface area (Å²) in [5.74, 6) is -0.0533. The zero-order valence-corrected chi connectivity index (χ0v) is 19.5. The molecule has 1 fully saturated rings. The number of amides is 2. The molecule has 9 nitrogen and oxygen atoms in total. The molecule has 0 spiro atoms. The molecule has 10 heteroatoms. The minimum absolute atomic E-state index is 0.0262. The normalized spacial score (nSPS) is 16.4. The van der Waals surface area contributed by atoms with E-state index in [0.29, 0.717) is 25.3 Å². The van der Waals surface area contributed by atoms with Crippen LogP contribution in [0.4, 0.5) is 5.69 Å². The molecule has 0 N–H and O–H groups in total. The zero-order valence-electron chi connectivity index (χ0n) is 18.7. The van der Waals surface area contributed by atoms with E-state index in [1.807, 2.05) is 13.8 Å². The number of furan rings is 1. The molecule has 0 unspecified atom stereocenters. The van der Waals surface area contributed by atoms with Crippen LogP contribution < -0.4 is 0 Å². The highest BCUT2D eigenvalue weighted by atomic mass is 35.5. The van der Waals surface area contributed by atoms with Crippen LogP contribution in [0.1, 0.15) is 49.2 Å². The molecule has 178 valence electrons. The highest BCUT2D eigenvalue weighted by molar-refractivity contribution is 6.34. The van der Waals surface area contributed by atoms with E-state index in [4.69, 9.17) is 20.8 Å². The molecule has 1 aliphatic rings. The fraction of sp³-hybridized carbons (Fsp3) is 0.478. The van der Waals surface area contributed by atoms with Gasteiger partial charge in [0, 0.05) is 31.3 Å². The Bertz CT molecular complexity index is 975. The summed E-state index contributed by atoms with van der Waals surface area (Å²) in [5, 5.41) is 11.0. The smallest absolute Gasteiger partial charge is 0.270 e. The molecule has 0 bridgehead atoms. The van der Waals surface area contributed by atoms with E-state index < -0.39 is 10.8 Å². The Morgan fingerprint density at radius 3 is 2.70 bits per heavy atom. The standard InChI is InChI=1S/C23H28ClN3O6/c1-3-16(2)26(23(29)20-9-8-17(27(30)31)12-21(20)24)15-22(28)25(13-18-6-4-10-32-18)14-19-7-5-11-33-19/h4,6,8-10,12,16,19H,3,5,7,11,13-15H2,1-2H3/t16-,19-/m1/s1. The lowest BCUT2D eigenvalue weighted by Gasteiger charge is -2.32. The number of benzene rings is 1. The molecule has 1 saturated heterocycles. The highest BCUT2D eigenvalue weighted by Crippen LogP contribution is 2.25. The van der Waals surface area contributed by atoms with Gasteiger partial charge in [0.25, 0.3) is 11.6 Å². The van der Waals surface area contributed by atoms with Crippen molar-refractivity contribution in [2.75, 3.05) is 19.7 Å². The van der Waals surface area contributed by atoms with Gasteiger partial charge in [0.2, 0.25) is 5.91 Å². The molecular formula is C23H28ClN3O6. The number of non-ortho nitro benzene ring substituents is 1. The van der Waals surface area contributed by atoms with Crippen LogP contribution in [0.2, 0.25) is 5.02 Å². The minimum atomic E-state index is -0.576. The Hall–Kier alpha value is -2.91. The maximum atomic E-state index is 13.4. The third kappa shape index (κ3) is 6.33. The van der Waals surface area contributed by atoms with E-state index in [1.54, 1.807) is 23.3 Å². The minimum Gasteiger partial charge on any atom is -0.467 e. The number of rotatable bonds is 10. The molecule has 33 heavy (non-hydrogen) atoms. The monoisotopic (exact) mass is 477 g/mol. The molecule has 1 aromatic heterocycles. The summed E-state index contributed by atoms with van der Waals surface area (Å²) in [7, 11) is 0. The number of nitrogens with zero attached hydrogens (tertiary/aromatic N) is 3. The van der Waals surface area contributed by atoms with Crippen LogP contribution in [0.15, 0.2) is 41.0 Å². The zero-order chi connectivity index (χ0) is 24.0. The Morgan fingerprint density at radius 1 is 1.33 bits per heavy atom. The van der Waals surface area contributed by atoms with E-state index in [9.17, 15) is 19.7 Å². The van der Waals surface area contributed by atoms with Gasteiger partial charge >= 0.3 is 0 Å². The Kier molecular flexibility index (Phi) is 8.46. The molecule has 1 aliphatic heterocycles. The van der Waals surface area contributed by atoms with Crippen molar-refractivity contribution in [1.82, 2.24) is 9.80 Å². The quantitative estimate of drug-likeness (QED) is 0.373. The average molecular weight is 478 g/mol. The molecule has 2 aromatic rings. The number of nitro benzene ring substituents is 1. The van der Waals surface area contributed by atoms with Crippen LogP contribution in [-0.4, -0.2) is 58.4 Å². The second-order valence-electron chi connectivity index (χ2n) is 8.10. The van der Waals surface area contributed by atoms with Crippen molar-refractivity contribution in [3.8, 4) is 0 Å². The first-order valence-electron chi connectivity index (χ1n) is 11.0. The molecule has 1 aromatic carbocycles. The SMILES string of the molecule is CC[C@@H](C)N(CC(=O)N(Cc1ccco1)C[C@H]1CCCO1)C(=O)c1ccc([N+](=O)[O-])cc1Cl. The first kappa shape index (κ1) is 24.7. The van der Waals surface area contributed by atoms with Crippen LogP contribution in [0.5, 0.6) is 0 Å². The predicted octanol–water partition coefficient (Wildman–Crippen LogP) is 4.29. The first-order chi connectivity index (χ1) is 15.8. The van der Waals surface area contributed by atoms with Crippen LogP contribution >= 0.6 is 11.6 Å². The Morgan fingerprint density at radius 2 is 2.12 bits per heavy atom. The third-order valence-corrected chi connectivity index (χ3v) is 6.12. The number of nitro groups is 1. The average Bonchev–Trinajstić information content (AvgIpc) is 3.50. The second kappa shape index (κ2) is 11.3. The molecule has 0 radical (unpaired) electrons. The third-order valence-electron chi connectivity index (χ3n) is 5.81. The lowest BCUT2D eigenvalue weighted by Crippen LogP contribution is -2.48. The first-order valence-corrected chi connectivity index (χ1v) is 11.3. The number of carbonyl (C=O) groups excluding carboxylic acids is 2. The van der Waals surface area contributed by atoms with Gasteiger partial charge in [0.15, 0.2) is 0 Å². The van der Waals surface area contributed by atoms with Crippen LogP contribution in [0.25, 0.3) is 0 Å². The number of hydrogen-bond donors (Lipinski definition) is 0. The fourth-order valence-corrected chi connectivity index (χ4v) is 3.97. The van der Waals surface area contributed by atoms with Crippen molar-refractivity contribution >= 4 is 29.1 Å². The predicted molar refractivity (Wildman–Crippen MR) is 122 cm³/mol.